The van der Waals surface area contributed by atoms with E-state index in [1.165, 1.54) is 17.8 Å². The van der Waals surface area contributed by atoms with Gasteiger partial charge in [0, 0.05) is 4.90 Å². The minimum Gasteiger partial charge on any atom is -0.478 e. The van der Waals surface area contributed by atoms with Gasteiger partial charge in [0.1, 0.15) is 0 Å². The van der Waals surface area contributed by atoms with Crippen molar-refractivity contribution in [3.63, 3.8) is 0 Å². The Morgan fingerprint density at radius 1 is 1.64 bits per heavy atom. The molecule has 14 heavy (non-hydrogen) atoms. The summed E-state index contributed by atoms with van der Waals surface area (Å²) in [6.45, 7) is 1.78. The van der Waals surface area contributed by atoms with Crippen molar-refractivity contribution in [2.24, 2.45) is 0 Å². The molecule has 0 saturated carbocycles. The van der Waals surface area contributed by atoms with Gasteiger partial charge in [0.05, 0.1) is 16.9 Å². The van der Waals surface area contributed by atoms with E-state index < -0.39 is 5.97 Å². The van der Waals surface area contributed by atoms with Gasteiger partial charge < -0.3 is 5.11 Å². The first-order chi connectivity index (χ1) is 6.63. The Morgan fingerprint density at radius 3 is 2.93 bits per heavy atom. The lowest BCUT2D eigenvalue weighted by Crippen LogP contribution is -1.96. The maximum absolute atomic E-state index is 10.6. The molecule has 0 spiro atoms. The lowest BCUT2D eigenvalue weighted by molar-refractivity contribution is 0.0696. The standard InChI is InChI=1S/C10H9NO2S/c1-7(6-11)14-9-4-2-3-8(5-9)10(12)13/h2-5,7H,1H3,(H,12,13). The molecule has 1 aromatic rings. The van der Waals surface area contributed by atoms with E-state index in [2.05, 4.69) is 6.07 Å². The van der Waals surface area contributed by atoms with Crippen LogP contribution in [0.2, 0.25) is 0 Å². The average Bonchev–Trinajstić information content (AvgIpc) is 2.18. The molecule has 1 aromatic carbocycles. The second-order valence-electron chi connectivity index (χ2n) is 2.72. The number of carboxylic acid groups (broad SMARTS) is 1. The van der Waals surface area contributed by atoms with Crippen LogP contribution < -0.4 is 0 Å². The molecule has 0 bridgehead atoms. The molecule has 4 heteroatoms. The molecule has 0 fully saturated rings. The van der Waals surface area contributed by atoms with Crippen LogP contribution in [0.1, 0.15) is 17.3 Å². The third-order valence-corrected chi connectivity index (χ3v) is 2.56. The Hall–Kier alpha value is -1.47. The summed E-state index contributed by atoms with van der Waals surface area (Å²) < 4.78 is 0. The van der Waals surface area contributed by atoms with Crippen LogP contribution in [0.3, 0.4) is 0 Å². The second kappa shape index (κ2) is 4.68. The predicted octanol–water partition coefficient (Wildman–Crippen LogP) is 2.39. The highest BCUT2D eigenvalue weighted by Crippen LogP contribution is 2.23. The van der Waals surface area contributed by atoms with Crippen molar-refractivity contribution in [3.8, 4) is 6.07 Å². The number of benzene rings is 1. The molecule has 3 nitrogen and oxygen atoms in total. The molecule has 0 amide bonds. The minimum atomic E-state index is -0.947. The molecule has 1 rings (SSSR count). The highest BCUT2D eigenvalue weighted by molar-refractivity contribution is 8.00. The van der Waals surface area contributed by atoms with E-state index in [1.54, 1.807) is 25.1 Å². The molecule has 0 saturated heterocycles. The predicted molar refractivity (Wildman–Crippen MR) is 54.3 cm³/mol. The summed E-state index contributed by atoms with van der Waals surface area (Å²) in [5, 5.41) is 17.1. The normalized spacial score (nSPS) is 11.7. The Labute approximate surface area is 86.4 Å². The van der Waals surface area contributed by atoms with Crippen LogP contribution in [0, 0.1) is 11.3 Å². The van der Waals surface area contributed by atoms with Gasteiger partial charge in [-0.25, -0.2) is 4.79 Å². The number of aromatic carboxylic acids is 1. The zero-order valence-corrected chi connectivity index (χ0v) is 8.41. The van der Waals surface area contributed by atoms with Crippen molar-refractivity contribution in [2.45, 2.75) is 17.1 Å². The highest BCUT2D eigenvalue weighted by atomic mass is 32.2. The van der Waals surface area contributed by atoms with Gasteiger partial charge >= 0.3 is 5.97 Å². The van der Waals surface area contributed by atoms with Crippen molar-refractivity contribution in [1.82, 2.24) is 0 Å². The van der Waals surface area contributed by atoms with Crippen molar-refractivity contribution in [2.75, 3.05) is 0 Å². The zero-order chi connectivity index (χ0) is 10.6. The first-order valence-electron chi connectivity index (χ1n) is 4.03. The summed E-state index contributed by atoms with van der Waals surface area (Å²) in [7, 11) is 0. The first kappa shape index (κ1) is 10.6. The fraction of sp³-hybridized carbons (Fsp3) is 0.200. The lowest BCUT2D eigenvalue weighted by Gasteiger charge is -2.03. The molecule has 0 radical (unpaired) electrons. The van der Waals surface area contributed by atoms with Gasteiger partial charge in [0.25, 0.3) is 0 Å². The summed E-state index contributed by atoms with van der Waals surface area (Å²) in [6.07, 6.45) is 0. The molecule has 1 atom stereocenters. The third kappa shape index (κ3) is 2.79. The van der Waals surface area contributed by atoms with Crippen LogP contribution in [0.25, 0.3) is 0 Å². The van der Waals surface area contributed by atoms with Crippen LogP contribution in [-0.2, 0) is 0 Å². The number of nitrogens with zero attached hydrogens (tertiary/aromatic N) is 1. The smallest absolute Gasteiger partial charge is 0.335 e. The van der Waals surface area contributed by atoms with Gasteiger partial charge in [-0.1, -0.05) is 6.07 Å². The van der Waals surface area contributed by atoms with E-state index in [-0.39, 0.29) is 10.8 Å². The van der Waals surface area contributed by atoms with Crippen molar-refractivity contribution >= 4 is 17.7 Å². The van der Waals surface area contributed by atoms with Crippen LogP contribution in [0.5, 0.6) is 0 Å². The fourth-order valence-electron chi connectivity index (χ4n) is 0.933. The number of thioether (sulfide) groups is 1. The topological polar surface area (TPSA) is 61.1 Å². The number of rotatable bonds is 3. The van der Waals surface area contributed by atoms with Crippen LogP contribution in [-0.4, -0.2) is 16.3 Å². The van der Waals surface area contributed by atoms with E-state index in [4.69, 9.17) is 10.4 Å². The van der Waals surface area contributed by atoms with Crippen LogP contribution >= 0.6 is 11.8 Å². The maximum atomic E-state index is 10.6. The first-order valence-corrected chi connectivity index (χ1v) is 4.91. The number of carbonyl (C=O) groups is 1. The zero-order valence-electron chi connectivity index (χ0n) is 7.60. The fourth-order valence-corrected chi connectivity index (χ4v) is 1.75. The molecule has 0 aromatic heterocycles. The van der Waals surface area contributed by atoms with Gasteiger partial charge in [-0.15, -0.1) is 11.8 Å². The van der Waals surface area contributed by atoms with E-state index in [0.29, 0.717) is 0 Å². The van der Waals surface area contributed by atoms with Gasteiger partial charge in [-0.3, -0.25) is 0 Å². The Morgan fingerprint density at radius 2 is 2.36 bits per heavy atom. The van der Waals surface area contributed by atoms with Gasteiger partial charge in [-0.05, 0) is 25.1 Å². The largest absolute Gasteiger partial charge is 0.478 e. The molecule has 72 valence electrons. The van der Waals surface area contributed by atoms with Gasteiger partial charge in [0.2, 0.25) is 0 Å². The monoisotopic (exact) mass is 207 g/mol. The summed E-state index contributed by atoms with van der Waals surface area (Å²) in [5.41, 5.74) is 0.250. The van der Waals surface area contributed by atoms with E-state index in [9.17, 15) is 4.79 Å². The molecule has 0 aliphatic carbocycles. The van der Waals surface area contributed by atoms with E-state index in [1.807, 2.05) is 0 Å². The van der Waals surface area contributed by atoms with Crippen molar-refractivity contribution < 1.29 is 9.90 Å². The third-order valence-electron chi connectivity index (χ3n) is 1.58. The van der Waals surface area contributed by atoms with Gasteiger partial charge in [0.15, 0.2) is 0 Å². The molecular weight excluding hydrogens is 198 g/mol. The van der Waals surface area contributed by atoms with Crippen LogP contribution in [0.4, 0.5) is 0 Å². The molecule has 1 unspecified atom stereocenters. The van der Waals surface area contributed by atoms with E-state index in [0.717, 1.165) is 4.90 Å². The maximum Gasteiger partial charge on any atom is 0.335 e. The van der Waals surface area contributed by atoms with Gasteiger partial charge in [-0.2, -0.15) is 5.26 Å². The number of nitriles is 1. The minimum absolute atomic E-state index is 0.168. The Bertz CT molecular complexity index is 384. The highest BCUT2D eigenvalue weighted by Gasteiger charge is 2.06. The summed E-state index contributed by atoms with van der Waals surface area (Å²) >= 11 is 1.35. The lowest BCUT2D eigenvalue weighted by atomic mass is 10.2. The number of hydrogen-bond acceptors (Lipinski definition) is 3. The summed E-state index contributed by atoms with van der Waals surface area (Å²) in [5.74, 6) is -0.947. The average molecular weight is 207 g/mol. The Balaban J connectivity index is 2.85. The molecule has 0 heterocycles. The molecule has 0 aliphatic rings. The SMILES string of the molecule is CC(C#N)Sc1cccc(C(=O)O)c1. The molecular formula is C10H9NO2S. The molecule has 1 N–H and O–H groups in total. The second-order valence-corrected chi connectivity index (χ2v) is 4.14. The van der Waals surface area contributed by atoms with Crippen molar-refractivity contribution in [3.05, 3.63) is 29.8 Å². The van der Waals surface area contributed by atoms with E-state index >= 15 is 0 Å². The van der Waals surface area contributed by atoms with Crippen molar-refractivity contribution in [1.29, 1.82) is 5.26 Å². The summed E-state index contributed by atoms with van der Waals surface area (Å²) in [4.78, 5) is 11.4. The van der Waals surface area contributed by atoms with Crippen LogP contribution in [0.15, 0.2) is 29.2 Å². The summed E-state index contributed by atoms with van der Waals surface area (Å²) in [6, 6.07) is 8.65. The molecule has 0 aliphatic heterocycles. The number of carboxylic acids is 1. The quantitative estimate of drug-likeness (QED) is 0.773. The number of hydrogen-bond donors (Lipinski definition) is 1. The Kier molecular flexibility index (Phi) is 3.55.